The first kappa shape index (κ1) is 23.9. The second-order valence-electron chi connectivity index (χ2n) is 9.20. The van der Waals surface area contributed by atoms with Gasteiger partial charge >= 0.3 is 0 Å². The Kier molecular flexibility index (Phi) is 5.93. The van der Waals surface area contributed by atoms with Crippen LogP contribution < -0.4 is 0 Å². The fourth-order valence-electron chi connectivity index (χ4n) is 4.85. The topological polar surface area (TPSA) is 80.0 Å². The Hall–Kier alpha value is -4.49. The molecule has 0 atom stereocenters. The number of hydrazone groups is 1. The highest BCUT2D eigenvalue weighted by atomic mass is 32.2. The summed E-state index contributed by atoms with van der Waals surface area (Å²) >= 11 is 0. The normalized spacial score (nSPS) is 14.1. The predicted molar refractivity (Wildman–Crippen MR) is 148 cm³/mol. The maximum atomic E-state index is 13.2. The molecule has 7 heteroatoms. The molecule has 0 aliphatic carbocycles. The standard InChI is InChI=1S/C31H24N2O4S/c1-21-19-26-28(37-31(23-13-7-3-8-14-23)30(26)22-11-5-2-6-12-22)20-25(21)27-17-18-29(34)33(32-27)38(35,36)24-15-9-4-10-16-24/h2-16,19-20H,17-18H2,1H3. The molecule has 6 nitrogen and oxygen atoms in total. The molecule has 0 unspecified atom stereocenters. The zero-order chi connectivity index (χ0) is 26.3. The Morgan fingerprint density at radius 2 is 1.39 bits per heavy atom. The minimum atomic E-state index is -4.11. The summed E-state index contributed by atoms with van der Waals surface area (Å²) in [4.78, 5) is 12.7. The van der Waals surface area contributed by atoms with Gasteiger partial charge in [0.15, 0.2) is 0 Å². The molecule has 4 aromatic carbocycles. The van der Waals surface area contributed by atoms with Crippen LogP contribution in [0.3, 0.4) is 0 Å². The zero-order valence-corrected chi connectivity index (χ0v) is 21.5. The molecule has 1 aliphatic rings. The van der Waals surface area contributed by atoms with Crippen LogP contribution in [0.2, 0.25) is 0 Å². The van der Waals surface area contributed by atoms with E-state index < -0.39 is 15.9 Å². The van der Waals surface area contributed by atoms with Crippen molar-refractivity contribution in [3.8, 4) is 22.5 Å². The first-order chi connectivity index (χ1) is 18.4. The number of hydrogen-bond donors (Lipinski definition) is 0. The molecule has 2 heterocycles. The monoisotopic (exact) mass is 520 g/mol. The van der Waals surface area contributed by atoms with Crippen molar-refractivity contribution in [3.05, 3.63) is 114 Å². The first-order valence-corrected chi connectivity index (χ1v) is 13.8. The molecule has 0 bridgehead atoms. The van der Waals surface area contributed by atoms with E-state index >= 15 is 0 Å². The van der Waals surface area contributed by atoms with Crippen LogP contribution in [0, 0.1) is 6.92 Å². The van der Waals surface area contributed by atoms with E-state index in [2.05, 4.69) is 23.3 Å². The van der Waals surface area contributed by atoms with Gasteiger partial charge in [-0.25, -0.2) is 0 Å². The molecule has 1 aromatic heterocycles. The number of hydrogen-bond acceptors (Lipinski definition) is 5. The Balaban J connectivity index is 1.51. The summed E-state index contributed by atoms with van der Waals surface area (Å²) in [5.41, 5.74) is 5.87. The van der Waals surface area contributed by atoms with Crippen molar-refractivity contribution < 1.29 is 17.6 Å². The summed E-state index contributed by atoms with van der Waals surface area (Å²) in [5, 5.41) is 5.32. The smallest absolute Gasteiger partial charge is 0.286 e. The number of furan rings is 1. The van der Waals surface area contributed by atoms with Gasteiger partial charge in [-0.1, -0.05) is 78.9 Å². The lowest BCUT2D eigenvalue weighted by Gasteiger charge is -2.23. The summed E-state index contributed by atoms with van der Waals surface area (Å²) in [6, 6.07) is 31.9. The number of sulfonamides is 1. The maximum Gasteiger partial charge on any atom is 0.286 e. The maximum absolute atomic E-state index is 13.2. The van der Waals surface area contributed by atoms with Crippen LogP contribution in [0.5, 0.6) is 0 Å². The van der Waals surface area contributed by atoms with Gasteiger partial charge < -0.3 is 4.42 Å². The Labute approximate surface area is 220 Å². The molecule has 5 aromatic rings. The molecule has 0 N–H and O–H groups in total. The number of amides is 1. The van der Waals surface area contributed by atoms with Crippen LogP contribution in [-0.2, 0) is 14.8 Å². The van der Waals surface area contributed by atoms with Crippen molar-refractivity contribution in [2.24, 2.45) is 5.10 Å². The van der Waals surface area contributed by atoms with Crippen molar-refractivity contribution in [3.63, 3.8) is 0 Å². The molecule has 38 heavy (non-hydrogen) atoms. The van der Waals surface area contributed by atoms with Gasteiger partial charge in [0.2, 0.25) is 0 Å². The molecule has 0 spiro atoms. The zero-order valence-electron chi connectivity index (χ0n) is 20.7. The van der Waals surface area contributed by atoms with Crippen molar-refractivity contribution >= 4 is 32.6 Å². The van der Waals surface area contributed by atoms with Crippen molar-refractivity contribution in [1.29, 1.82) is 0 Å². The number of aryl methyl sites for hydroxylation is 1. The van der Waals surface area contributed by atoms with Crippen molar-refractivity contribution in [2.75, 3.05) is 0 Å². The van der Waals surface area contributed by atoms with E-state index in [0.29, 0.717) is 22.1 Å². The Bertz CT molecular complexity index is 1790. The fourth-order valence-corrected chi connectivity index (χ4v) is 6.12. The molecular formula is C31H24N2O4S. The van der Waals surface area contributed by atoms with Gasteiger partial charge in [-0.3, -0.25) is 4.79 Å². The van der Waals surface area contributed by atoms with Crippen LogP contribution in [0.4, 0.5) is 0 Å². The summed E-state index contributed by atoms with van der Waals surface area (Å²) in [6.45, 7) is 1.97. The van der Waals surface area contributed by atoms with Gasteiger partial charge in [0.05, 0.1) is 10.6 Å². The molecule has 0 saturated heterocycles. The third-order valence-electron chi connectivity index (χ3n) is 6.71. The SMILES string of the molecule is Cc1cc2c(-c3ccccc3)c(-c3ccccc3)oc2cc1C1=NN(S(=O)(=O)c2ccccc2)C(=O)CC1. The fraction of sp³-hybridized carbons (Fsp3) is 0.0968. The Morgan fingerprint density at radius 3 is 2.05 bits per heavy atom. The molecular weight excluding hydrogens is 496 g/mol. The number of fused-ring (bicyclic) bond motifs is 1. The van der Waals surface area contributed by atoms with Gasteiger partial charge in [-0.2, -0.15) is 13.5 Å². The molecule has 0 saturated carbocycles. The molecule has 0 radical (unpaired) electrons. The quantitative estimate of drug-likeness (QED) is 0.256. The lowest BCUT2D eigenvalue weighted by molar-refractivity contribution is -0.126. The highest BCUT2D eigenvalue weighted by Crippen LogP contribution is 2.42. The minimum Gasteiger partial charge on any atom is -0.455 e. The average Bonchev–Trinajstić information content (AvgIpc) is 3.32. The predicted octanol–water partition coefficient (Wildman–Crippen LogP) is 6.79. The van der Waals surface area contributed by atoms with Gasteiger partial charge in [0, 0.05) is 34.9 Å². The lowest BCUT2D eigenvalue weighted by Crippen LogP contribution is -2.37. The largest absolute Gasteiger partial charge is 0.455 e. The number of carbonyl (C=O) groups excluding carboxylic acids is 1. The van der Waals surface area contributed by atoms with E-state index in [0.717, 1.165) is 39.0 Å². The number of carbonyl (C=O) groups is 1. The van der Waals surface area contributed by atoms with Crippen LogP contribution in [0.15, 0.2) is 118 Å². The summed E-state index contributed by atoms with van der Waals surface area (Å²) in [5.74, 6) is 0.212. The molecule has 6 rings (SSSR count). The summed E-state index contributed by atoms with van der Waals surface area (Å²) in [7, 11) is -4.11. The van der Waals surface area contributed by atoms with E-state index in [9.17, 15) is 13.2 Å². The van der Waals surface area contributed by atoms with E-state index in [-0.39, 0.29) is 11.3 Å². The van der Waals surface area contributed by atoms with Crippen molar-refractivity contribution in [1.82, 2.24) is 4.41 Å². The van der Waals surface area contributed by atoms with Gasteiger partial charge in [-0.15, -0.1) is 4.41 Å². The molecule has 188 valence electrons. The van der Waals surface area contributed by atoms with E-state index in [1.165, 1.54) is 12.1 Å². The van der Waals surface area contributed by atoms with Crippen molar-refractivity contribution in [2.45, 2.75) is 24.7 Å². The third-order valence-corrected chi connectivity index (χ3v) is 8.32. The average molecular weight is 521 g/mol. The van der Waals surface area contributed by atoms with E-state index in [1.807, 2.05) is 61.5 Å². The molecule has 1 aliphatic heterocycles. The van der Waals surface area contributed by atoms with Crippen LogP contribution >= 0.6 is 0 Å². The summed E-state index contributed by atoms with van der Waals surface area (Å²) in [6.07, 6.45) is 0.384. The third kappa shape index (κ3) is 4.11. The van der Waals surface area contributed by atoms with E-state index in [1.54, 1.807) is 18.2 Å². The molecule has 1 amide bonds. The molecule has 0 fully saturated rings. The lowest BCUT2D eigenvalue weighted by atomic mass is 9.94. The van der Waals surface area contributed by atoms with Crippen LogP contribution in [0.25, 0.3) is 33.4 Å². The van der Waals surface area contributed by atoms with Gasteiger partial charge in [0.1, 0.15) is 11.3 Å². The highest BCUT2D eigenvalue weighted by molar-refractivity contribution is 7.89. The first-order valence-electron chi connectivity index (χ1n) is 12.3. The number of rotatable bonds is 5. The summed E-state index contributed by atoms with van der Waals surface area (Å²) < 4.78 is 33.5. The minimum absolute atomic E-state index is 0.0246. The van der Waals surface area contributed by atoms with E-state index in [4.69, 9.17) is 4.42 Å². The van der Waals surface area contributed by atoms with Crippen LogP contribution in [0.1, 0.15) is 24.0 Å². The second kappa shape index (κ2) is 9.43. The Morgan fingerprint density at radius 1 is 0.789 bits per heavy atom. The van der Waals surface area contributed by atoms with Crippen LogP contribution in [-0.4, -0.2) is 24.5 Å². The second-order valence-corrected chi connectivity index (χ2v) is 11.0. The van der Waals surface area contributed by atoms with Gasteiger partial charge in [0.25, 0.3) is 15.9 Å². The van der Waals surface area contributed by atoms with Gasteiger partial charge in [-0.05, 0) is 42.3 Å². The number of benzene rings is 4. The number of nitrogens with zero attached hydrogens (tertiary/aromatic N) is 2. The highest BCUT2D eigenvalue weighted by Gasteiger charge is 2.33.